The van der Waals surface area contributed by atoms with Gasteiger partial charge in [-0.25, -0.2) is 4.79 Å². The Morgan fingerprint density at radius 2 is 2.18 bits per heavy atom. The average molecular weight is 150 g/mol. The Balaban J connectivity index is 3.01. The molecule has 1 aliphatic carbocycles. The minimum atomic E-state index is -0.0237. The summed E-state index contributed by atoms with van der Waals surface area (Å²) in [7, 11) is 1.79. The number of hydrogen-bond acceptors (Lipinski definition) is 1. The predicted molar refractivity (Wildman–Crippen MR) is 43.4 cm³/mol. The quantitative estimate of drug-likeness (QED) is 0.509. The highest BCUT2D eigenvalue weighted by molar-refractivity contribution is 5.33. The summed E-state index contributed by atoms with van der Waals surface area (Å²) in [6, 6.07) is 0. The van der Waals surface area contributed by atoms with Crippen LogP contribution >= 0.6 is 0 Å². The smallest absolute Gasteiger partial charge is 0.306 e. The van der Waals surface area contributed by atoms with Gasteiger partial charge in [-0.3, -0.25) is 4.57 Å². The number of imidazole rings is 1. The van der Waals surface area contributed by atoms with Crippen LogP contribution in [0.3, 0.4) is 0 Å². The third-order valence-corrected chi connectivity index (χ3v) is 2.04. The Bertz CT molecular complexity index is 436. The zero-order valence-electron chi connectivity index (χ0n) is 6.42. The van der Waals surface area contributed by atoms with Gasteiger partial charge in [-0.2, -0.15) is 0 Å². The number of H-pyrrole nitrogens is 1. The van der Waals surface area contributed by atoms with Crippen molar-refractivity contribution in [2.75, 3.05) is 0 Å². The second-order valence-electron chi connectivity index (χ2n) is 2.77. The summed E-state index contributed by atoms with van der Waals surface area (Å²) in [4.78, 5) is 13.9. The summed E-state index contributed by atoms with van der Waals surface area (Å²) in [6.45, 7) is 0. The molecule has 1 heterocycles. The second-order valence-corrected chi connectivity index (χ2v) is 2.77. The number of nitrogens with one attached hydrogen (secondary N) is 1. The number of fused-ring (bicyclic) bond motifs is 1. The van der Waals surface area contributed by atoms with Gasteiger partial charge >= 0.3 is 5.69 Å². The van der Waals surface area contributed by atoms with Gasteiger partial charge in [0.2, 0.25) is 0 Å². The number of aromatic amines is 1. The summed E-state index contributed by atoms with van der Waals surface area (Å²) >= 11 is 0. The molecule has 0 spiro atoms. The first kappa shape index (κ1) is 6.46. The maximum Gasteiger partial charge on any atom is 0.326 e. The van der Waals surface area contributed by atoms with E-state index in [4.69, 9.17) is 0 Å². The van der Waals surface area contributed by atoms with Gasteiger partial charge in [0.25, 0.3) is 0 Å². The van der Waals surface area contributed by atoms with Crippen LogP contribution in [0.15, 0.2) is 4.79 Å². The molecule has 1 aliphatic rings. The fourth-order valence-electron chi connectivity index (χ4n) is 1.40. The Labute approximate surface area is 63.7 Å². The number of aromatic nitrogens is 2. The van der Waals surface area contributed by atoms with Gasteiger partial charge in [-0.15, -0.1) is 0 Å². The zero-order chi connectivity index (χ0) is 7.84. The molecule has 0 unspecified atom stereocenters. The van der Waals surface area contributed by atoms with Gasteiger partial charge in [0.1, 0.15) is 0 Å². The largest absolute Gasteiger partial charge is 0.326 e. The fraction of sp³-hybridized carbons (Fsp3) is 0.375. The van der Waals surface area contributed by atoms with Gasteiger partial charge in [0.15, 0.2) is 0 Å². The lowest BCUT2D eigenvalue weighted by molar-refractivity contribution is 0.830. The van der Waals surface area contributed by atoms with Crippen LogP contribution < -0.4 is 16.4 Å². The minimum absolute atomic E-state index is 0.0237. The van der Waals surface area contributed by atoms with Crippen LogP contribution in [0.25, 0.3) is 12.2 Å². The maximum absolute atomic E-state index is 11.1. The van der Waals surface area contributed by atoms with Crippen LogP contribution in [0.4, 0.5) is 0 Å². The van der Waals surface area contributed by atoms with Crippen LogP contribution in [-0.4, -0.2) is 9.55 Å². The Morgan fingerprint density at radius 1 is 1.45 bits per heavy atom. The maximum atomic E-state index is 11.1. The molecule has 0 bridgehead atoms. The van der Waals surface area contributed by atoms with Gasteiger partial charge in [-0.05, 0) is 12.8 Å². The Hall–Kier alpha value is -1.25. The van der Waals surface area contributed by atoms with Crippen molar-refractivity contribution in [3.05, 3.63) is 21.2 Å². The number of hydrogen-bond donors (Lipinski definition) is 1. The lowest BCUT2D eigenvalue weighted by atomic mass is 10.2. The molecule has 0 radical (unpaired) electrons. The van der Waals surface area contributed by atoms with E-state index in [1.54, 1.807) is 11.6 Å². The predicted octanol–water partition coefficient (Wildman–Crippen LogP) is -0.932. The summed E-state index contributed by atoms with van der Waals surface area (Å²) in [5, 5.41) is 2.00. The monoisotopic (exact) mass is 150 g/mol. The van der Waals surface area contributed by atoms with Crippen molar-refractivity contribution in [3.63, 3.8) is 0 Å². The van der Waals surface area contributed by atoms with Crippen molar-refractivity contribution in [3.8, 4) is 0 Å². The van der Waals surface area contributed by atoms with E-state index >= 15 is 0 Å². The third-order valence-electron chi connectivity index (χ3n) is 2.04. The SMILES string of the molecule is Cn1c(=O)[nH]c2c1=CCCC=2. The Morgan fingerprint density at radius 3 is 2.91 bits per heavy atom. The fourth-order valence-corrected chi connectivity index (χ4v) is 1.40. The van der Waals surface area contributed by atoms with E-state index in [0.717, 1.165) is 23.5 Å². The highest BCUT2D eigenvalue weighted by Gasteiger charge is 1.99. The van der Waals surface area contributed by atoms with Crippen LogP contribution in [-0.2, 0) is 7.05 Å². The summed E-state index contributed by atoms with van der Waals surface area (Å²) < 4.78 is 1.64. The normalized spacial score (nSPS) is 15.0. The van der Waals surface area contributed by atoms with Crippen LogP contribution in [0, 0.1) is 0 Å². The van der Waals surface area contributed by atoms with E-state index < -0.39 is 0 Å². The molecule has 1 N–H and O–H groups in total. The van der Waals surface area contributed by atoms with Crippen LogP contribution in [0.1, 0.15) is 12.8 Å². The molecule has 1 aromatic heterocycles. The van der Waals surface area contributed by atoms with Crippen molar-refractivity contribution < 1.29 is 0 Å². The molecule has 0 saturated carbocycles. The lowest BCUT2D eigenvalue weighted by Gasteiger charge is -1.94. The van der Waals surface area contributed by atoms with Gasteiger partial charge in [0.05, 0.1) is 10.7 Å². The van der Waals surface area contributed by atoms with E-state index in [1.807, 2.05) is 0 Å². The van der Waals surface area contributed by atoms with Gasteiger partial charge in [-0.1, -0.05) is 12.2 Å². The van der Waals surface area contributed by atoms with E-state index in [1.165, 1.54) is 0 Å². The van der Waals surface area contributed by atoms with Crippen molar-refractivity contribution in [2.45, 2.75) is 12.8 Å². The van der Waals surface area contributed by atoms with E-state index in [9.17, 15) is 4.79 Å². The Kier molecular flexibility index (Phi) is 1.24. The van der Waals surface area contributed by atoms with Crippen LogP contribution in [0.5, 0.6) is 0 Å². The first-order valence-electron chi connectivity index (χ1n) is 3.74. The highest BCUT2D eigenvalue weighted by Crippen LogP contribution is 1.92. The molecule has 0 aromatic carbocycles. The zero-order valence-corrected chi connectivity index (χ0v) is 6.42. The highest BCUT2D eigenvalue weighted by atomic mass is 16.1. The molecular weight excluding hydrogens is 140 g/mol. The number of rotatable bonds is 0. The molecule has 3 heteroatoms. The summed E-state index contributed by atoms with van der Waals surface area (Å²) in [6.07, 6.45) is 6.23. The molecule has 3 nitrogen and oxygen atoms in total. The first-order chi connectivity index (χ1) is 5.29. The summed E-state index contributed by atoms with van der Waals surface area (Å²) in [5.41, 5.74) is -0.0237. The van der Waals surface area contributed by atoms with Crippen molar-refractivity contribution >= 4 is 12.2 Å². The topological polar surface area (TPSA) is 37.8 Å². The molecule has 0 saturated heterocycles. The molecule has 2 rings (SSSR count). The molecule has 1 aromatic rings. The van der Waals surface area contributed by atoms with Gasteiger partial charge in [0, 0.05) is 7.05 Å². The van der Waals surface area contributed by atoms with Crippen molar-refractivity contribution in [1.29, 1.82) is 0 Å². The molecular formula is C8H10N2O. The molecule has 0 fully saturated rings. The van der Waals surface area contributed by atoms with Crippen molar-refractivity contribution in [1.82, 2.24) is 9.55 Å². The molecule has 0 amide bonds. The van der Waals surface area contributed by atoms with Gasteiger partial charge < -0.3 is 4.98 Å². The van der Waals surface area contributed by atoms with E-state index in [2.05, 4.69) is 17.1 Å². The molecule has 11 heavy (non-hydrogen) atoms. The first-order valence-corrected chi connectivity index (χ1v) is 3.74. The standard InChI is InChI=1S/C8H10N2O/c1-10-7-5-3-2-4-6(7)9-8(10)11/h4-5H,2-3H2,1H3,(H,9,11). The van der Waals surface area contributed by atoms with E-state index in [0.29, 0.717) is 0 Å². The molecule has 0 aliphatic heterocycles. The second kappa shape index (κ2) is 2.12. The van der Waals surface area contributed by atoms with Crippen molar-refractivity contribution in [2.24, 2.45) is 7.05 Å². The lowest BCUT2D eigenvalue weighted by Crippen LogP contribution is -2.31. The number of nitrogens with zero attached hydrogens (tertiary/aromatic N) is 1. The van der Waals surface area contributed by atoms with Crippen LogP contribution in [0.2, 0.25) is 0 Å². The summed E-state index contributed by atoms with van der Waals surface area (Å²) in [5.74, 6) is 0. The molecule has 58 valence electrons. The minimum Gasteiger partial charge on any atom is -0.306 e. The third kappa shape index (κ3) is 0.843. The molecule has 0 atom stereocenters. The van der Waals surface area contributed by atoms with E-state index in [-0.39, 0.29) is 5.69 Å². The average Bonchev–Trinajstić information content (AvgIpc) is 2.30.